The molecule has 32 heavy (non-hydrogen) atoms. The zero-order chi connectivity index (χ0) is 23.8. The van der Waals surface area contributed by atoms with Gasteiger partial charge < -0.3 is 9.64 Å². The smallest absolute Gasteiger partial charge is 0.419 e. The van der Waals surface area contributed by atoms with Crippen molar-refractivity contribution in [3.63, 3.8) is 0 Å². The van der Waals surface area contributed by atoms with Gasteiger partial charge in [0, 0.05) is 6.54 Å². The molecule has 0 saturated carbocycles. The van der Waals surface area contributed by atoms with Crippen molar-refractivity contribution in [2.45, 2.75) is 46.3 Å². The monoisotopic (exact) mass is 452 g/mol. The van der Waals surface area contributed by atoms with Crippen LogP contribution in [0.25, 0.3) is 0 Å². The van der Waals surface area contributed by atoms with Gasteiger partial charge in [-0.15, -0.1) is 0 Å². The maximum atomic E-state index is 14.7. The van der Waals surface area contributed by atoms with Crippen LogP contribution in [0.5, 0.6) is 0 Å². The van der Waals surface area contributed by atoms with Gasteiger partial charge in [0.15, 0.2) is 0 Å². The first kappa shape index (κ1) is 23.6. The Morgan fingerprint density at radius 1 is 1.09 bits per heavy atom. The highest BCUT2D eigenvalue weighted by Crippen LogP contribution is 2.40. The molecule has 0 spiro atoms. The van der Waals surface area contributed by atoms with Crippen LogP contribution in [0.15, 0.2) is 30.3 Å². The van der Waals surface area contributed by atoms with Crippen molar-refractivity contribution in [2.75, 3.05) is 23.0 Å². The lowest BCUT2D eigenvalue weighted by atomic mass is 9.99. The summed E-state index contributed by atoms with van der Waals surface area (Å²) in [5, 5.41) is 0. The topological polar surface area (TPSA) is 49.9 Å². The summed E-state index contributed by atoms with van der Waals surface area (Å²) in [6.45, 7) is 7.28. The average Bonchev–Trinajstić information content (AvgIpc) is 2.72. The van der Waals surface area contributed by atoms with E-state index in [0.717, 1.165) is 23.3 Å². The van der Waals surface area contributed by atoms with Crippen LogP contribution in [0.2, 0.25) is 0 Å². The van der Waals surface area contributed by atoms with E-state index in [2.05, 4.69) is 0 Å². The van der Waals surface area contributed by atoms with E-state index in [1.807, 2.05) is 20.8 Å². The van der Waals surface area contributed by atoms with Crippen molar-refractivity contribution in [2.24, 2.45) is 0 Å². The molecule has 2 aromatic rings. The summed E-state index contributed by atoms with van der Waals surface area (Å²) in [5.41, 5.74) is 0.194. The van der Waals surface area contributed by atoms with Gasteiger partial charge in [-0.2, -0.15) is 13.2 Å². The lowest BCUT2D eigenvalue weighted by Crippen LogP contribution is -2.53. The number of fused-ring (bicyclic) bond motifs is 1. The first-order valence-corrected chi connectivity index (χ1v) is 10.3. The number of anilines is 2. The Kier molecular flexibility index (Phi) is 6.48. The van der Waals surface area contributed by atoms with E-state index in [-0.39, 0.29) is 13.2 Å². The Morgan fingerprint density at radius 3 is 2.28 bits per heavy atom. The molecule has 5 nitrogen and oxygen atoms in total. The number of halogens is 4. The molecule has 0 fully saturated rings. The number of hydrogen-bond donors (Lipinski definition) is 0. The zero-order valence-corrected chi connectivity index (χ0v) is 18.2. The third kappa shape index (κ3) is 4.16. The van der Waals surface area contributed by atoms with Gasteiger partial charge >= 0.3 is 12.3 Å². The Bertz CT molecular complexity index is 1050. The number of aryl methyl sites for hydroxylation is 2. The second-order valence-corrected chi connectivity index (χ2v) is 7.64. The fourth-order valence-corrected chi connectivity index (χ4v) is 3.79. The van der Waals surface area contributed by atoms with Crippen molar-refractivity contribution in [3.8, 4) is 0 Å². The number of carbonyl (C=O) groups excluding carboxylic acids is 2. The molecule has 9 heteroatoms. The van der Waals surface area contributed by atoms with E-state index in [1.54, 1.807) is 19.1 Å². The van der Waals surface area contributed by atoms with Gasteiger partial charge in [0.25, 0.3) is 5.91 Å². The Morgan fingerprint density at radius 2 is 1.72 bits per heavy atom. The lowest BCUT2D eigenvalue weighted by molar-refractivity contribution is -0.140. The number of benzene rings is 2. The number of hydrogen-bond acceptors (Lipinski definition) is 3. The largest absolute Gasteiger partial charge is 0.449 e. The van der Waals surface area contributed by atoms with Crippen LogP contribution in [-0.2, 0) is 10.9 Å². The molecular weight excluding hydrogens is 428 g/mol. The van der Waals surface area contributed by atoms with Crippen molar-refractivity contribution < 1.29 is 31.9 Å². The second kappa shape index (κ2) is 8.80. The predicted octanol–water partition coefficient (Wildman–Crippen LogP) is 5.86. The van der Waals surface area contributed by atoms with E-state index in [4.69, 9.17) is 4.74 Å². The van der Waals surface area contributed by atoms with Gasteiger partial charge in [0.2, 0.25) is 0 Å². The molecule has 0 bridgehead atoms. The van der Waals surface area contributed by atoms with E-state index in [0.29, 0.717) is 23.9 Å². The molecule has 2 aromatic carbocycles. The van der Waals surface area contributed by atoms with E-state index in [1.165, 1.54) is 9.80 Å². The minimum absolute atomic E-state index is 0.0145. The first-order chi connectivity index (χ1) is 15.0. The van der Waals surface area contributed by atoms with Crippen molar-refractivity contribution >= 4 is 23.4 Å². The highest BCUT2D eigenvalue weighted by molar-refractivity contribution is 6.10. The van der Waals surface area contributed by atoms with Gasteiger partial charge in [0.05, 0.1) is 35.2 Å². The lowest BCUT2D eigenvalue weighted by Gasteiger charge is -2.42. The number of amides is 2. The zero-order valence-electron chi connectivity index (χ0n) is 18.2. The third-order valence-electron chi connectivity index (χ3n) is 5.62. The molecule has 172 valence electrons. The predicted molar refractivity (Wildman–Crippen MR) is 113 cm³/mol. The third-order valence-corrected chi connectivity index (χ3v) is 5.62. The second-order valence-electron chi connectivity index (χ2n) is 7.64. The molecule has 1 heterocycles. The van der Waals surface area contributed by atoms with Crippen LogP contribution in [0.3, 0.4) is 0 Å². The number of carbonyl (C=O) groups is 2. The summed E-state index contributed by atoms with van der Waals surface area (Å²) < 4.78 is 59.4. The minimum Gasteiger partial charge on any atom is -0.449 e. The molecule has 1 atom stereocenters. The SMILES string of the molecule is CCOC(=O)N1c2cc(C)c(C)cc2N(C(=O)c2cccc(C(F)(F)F)c2F)CC1CC. The van der Waals surface area contributed by atoms with Crippen LogP contribution >= 0.6 is 0 Å². The normalized spacial score (nSPS) is 16.1. The standard InChI is InChI=1S/C23H24F4N2O3/c1-5-15-12-28(21(30)16-8-7-9-17(20(16)24)23(25,26)27)18-10-13(3)14(4)11-19(18)29(15)22(31)32-6-2/h7-11,15H,5-6,12H2,1-4H3. The first-order valence-electron chi connectivity index (χ1n) is 10.3. The maximum Gasteiger partial charge on any atom is 0.419 e. The molecule has 0 aromatic heterocycles. The Hall–Kier alpha value is -3.10. The van der Waals surface area contributed by atoms with E-state index < -0.39 is 41.2 Å². The molecule has 1 aliphatic rings. The fourth-order valence-electron chi connectivity index (χ4n) is 3.79. The van der Waals surface area contributed by atoms with Crippen LogP contribution in [0, 0.1) is 19.7 Å². The van der Waals surface area contributed by atoms with Gasteiger partial charge in [-0.05, 0) is 62.6 Å². The number of nitrogens with zero attached hydrogens (tertiary/aromatic N) is 2. The van der Waals surface area contributed by atoms with Crippen LogP contribution < -0.4 is 9.80 Å². The minimum atomic E-state index is -4.93. The fraction of sp³-hybridized carbons (Fsp3) is 0.391. The Balaban J connectivity index is 2.16. The number of ether oxygens (including phenoxy) is 1. The highest BCUT2D eigenvalue weighted by Gasteiger charge is 2.40. The molecule has 0 saturated heterocycles. The van der Waals surface area contributed by atoms with Crippen molar-refractivity contribution in [1.29, 1.82) is 0 Å². The van der Waals surface area contributed by atoms with Gasteiger partial charge in [-0.1, -0.05) is 13.0 Å². The van der Waals surface area contributed by atoms with Gasteiger partial charge in [0.1, 0.15) is 5.82 Å². The van der Waals surface area contributed by atoms with Gasteiger partial charge in [-0.25, -0.2) is 9.18 Å². The summed E-state index contributed by atoms with van der Waals surface area (Å²) in [7, 11) is 0. The van der Waals surface area contributed by atoms with Crippen molar-refractivity contribution in [3.05, 3.63) is 58.4 Å². The molecule has 0 aliphatic carbocycles. The molecule has 0 radical (unpaired) electrons. The van der Waals surface area contributed by atoms with Crippen LogP contribution in [-0.4, -0.2) is 31.2 Å². The van der Waals surface area contributed by atoms with Crippen LogP contribution in [0.4, 0.5) is 33.7 Å². The summed E-state index contributed by atoms with van der Waals surface area (Å²) in [4.78, 5) is 28.7. The molecule has 0 N–H and O–H groups in total. The Labute approximate surface area is 183 Å². The molecule has 3 rings (SSSR count). The van der Waals surface area contributed by atoms with Gasteiger partial charge in [-0.3, -0.25) is 9.69 Å². The molecule has 1 unspecified atom stereocenters. The van der Waals surface area contributed by atoms with Crippen LogP contribution in [0.1, 0.15) is 47.3 Å². The molecule has 1 aliphatic heterocycles. The number of alkyl halides is 3. The summed E-state index contributed by atoms with van der Waals surface area (Å²) >= 11 is 0. The summed E-state index contributed by atoms with van der Waals surface area (Å²) in [6, 6.07) is 5.54. The average molecular weight is 452 g/mol. The maximum absolute atomic E-state index is 14.7. The van der Waals surface area contributed by atoms with Crippen molar-refractivity contribution in [1.82, 2.24) is 0 Å². The summed E-state index contributed by atoms with van der Waals surface area (Å²) in [5.74, 6) is -2.52. The molecule has 2 amide bonds. The molecular formula is C23H24F4N2O3. The van der Waals surface area contributed by atoms with E-state index in [9.17, 15) is 27.2 Å². The van der Waals surface area contributed by atoms with E-state index >= 15 is 0 Å². The quantitative estimate of drug-likeness (QED) is 0.548. The number of rotatable bonds is 3. The summed E-state index contributed by atoms with van der Waals surface area (Å²) in [6.07, 6.45) is -5.07. The highest BCUT2D eigenvalue weighted by atomic mass is 19.4.